The summed E-state index contributed by atoms with van der Waals surface area (Å²) in [4.78, 5) is 9.17. The molecule has 1 aliphatic rings. The van der Waals surface area contributed by atoms with E-state index in [0.29, 0.717) is 5.15 Å². The van der Waals surface area contributed by atoms with Crippen LogP contribution in [0.4, 0.5) is 0 Å². The minimum absolute atomic E-state index is 0.611. The van der Waals surface area contributed by atoms with Crippen LogP contribution >= 0.6 is 23.4 Å². The molecule has 0 spiro atoms. The number of hydrogen-bond acceptors (Lipinski definition) is 3. The Morgan fingerprint density at radius 2 is 2.36 bits per heavy atom. The Balaban J connectivity index is 2.49. The molecule has 0 N–H and O–H groups in total. The van der Waals surface area contributed by atoms with Crippen molar-refractivity contribution in [2.45, 2.75) is 17.7 Å². The molecule has 2 nitrogen and oxygen atoms in total. The van der Waals surface area contributed by atoms with Crippen LogP contribution < -0.4 is 0 Å². The smallest absolute Gasteiger partial charge is 0.146 e. The molecule has 0 saturated heterocycles. The van der Waals surface area contributed by atoms with E-state index in [9.17, 15) is 0 Å². The molecular formula is C7H7ClN2S. The van der Waals surface area contributed by atoms with Crippen molar-refractivity contribution in [1.82, 2.24) is 9.97 Å². The van der Waals surface area contributed by atoms with Crippen molar-refractivity contribution in [2.75, 3.05) is 5.75 Å². The quantitative estimate of drug-likeness (QED) is 0.581. The Morgan fingerprint density at radius 1 is 1.45 bits per heavy atom. The van der Waals surface area contributed by atoms with Crippen LogP contribution in [0.15, 0.2) is 11.2 Å². The fraction of sp³-hybridized carbons (Fsp3) is 0.429. The maximum absolute atomic E-state index is 5.87. The van der Waals surface area contributed by atoms with Crippen molar-refractivity contribution in [3.8, 4) is 0 Å². The summed E-state index contributed by atoms with van der Waals surface area (Å²) in [5, 5.41) is 0.611. The second kappa shape index (κ2) is 2.99. The molecule has 0 amide bonds. The Bertz CT molecular complexity index is 277. The van der Waals surface area contributed by atoms with Crippen molar-refractivity contribution in [1.29, 1.82) is 0 Å². The topological polar surface area (TPSA) is 25.8 Å². The first-order chi connectivity index (χ1) is 5.38. The third kappa shape index (κ3) is 1.35. The minimum atomic E-state index is 0.611. The number of thioether (sulfide) groups is 1. The Kier molecular flexibility index (Phi) is 2.00. The fourth-order valence-electron chi connectivity index (χ4n) is 1.12. The molecule has 2 heterocycles. The number of aromatic nitrogens is 2. The Hall–Kier alpha value is -0.280. The second-order valence-electron chi connectivity index (χ2n) is 2.39. The van der Waals surface area contributed by atoms with Crippen molar-refractivity contribution in [2.24, 2.45) is 0 Å². The number of aryl methyl sites for hydroxylation is 1. The molecule has 1 aliphatic heterocycles. The van der Waals surface area contributed by atoms with Crippen molar-refractivity contribution in [3.05, 3.63) is 17.2 Å². The van der Waals surface area contributed by atoms with Crippen molar-refractivity contribution >= 4 is 23.4 Å². The SMILES string of the molecule is Clc1ncnc2c1SCCC2. The number of nitrogens with zero attached hydrogens (tertiary/aromatic N) is 2. The van der Waals surface area contributed by atoms with Gasteiger partial charge in [0.2, 0.25) is 0 Å². The molecule has 0 bridgehead atoms. The van der Waals surface area contributed by atoms with Gasteiger partial charge in [0, 0.05) is 0 Å². The molecule has 0 atom stereocenters. The average molecular weight is 187 g/mol. The van der Waals surface area contributed by atoms with Crippen LogP contribution in [0.3, 0.4) is 0 Å². The molecule has 0 aliphatic carbocycles. The van der Waals surface area contributed by atoms with Crippen LogP contribution in [0.2, 0.25) is 5.15 Å². The van der Waals surface area contributed by atoms with Gasteiger partial charge >= 0.3 is 0 Å². The van der Waals surface area contributed by atoms with E-state index in [-0.39, 0.29) is 0 Å². The van der Waals surface area contributed by atoms with Gasteiger partial charge < -0.3 is 0 Å². The van der Waals surface area contributed by atoms with Crippen LogP contribution in [-0.2, 0) is 6.42 Å². The predicted molar refractivity (Wildman–Crippen MR) is 46.1 cm³/mol. The lowest BCUT2D eigenvalue weighted by Gasteiger charge is -2.13. The molecule has 0 radical (unpaired) electrons. The lowest BCUT2D eigenvalue weighted by molar-refractivity contribution is 0.828. The van der Waals surface area contributed by atoms with E-state index >= 15 is 0 Å². The van der Waals surface area contributed by atoms with Crippen LogP contribution in [-0.4, -0.2) is 15.7 Å². The van der Waals surface area contributed by atoms with Crippen LogP contribution in [0.25, 0.3) is 0 Å². The number of fused-ring (bicyclic) bond motifs is 1. The molecule has 0 fully saturated rings. The van der Waals surface area contributed by atoms with E-state index in [0.717, 1.165) is 22.8 Å². The van der Waals surface area contributed by atoms with Crippen molar-refractivity contribution in [3.63, 3.8) is 0 Å². The molecule has 58 valence electrons. The van der Waals surface area contributed by atoms with Gasteiger partial charge in [-0.2, -0.15) is 0 Å². The first-order valence-electron chi connectivity index (χ1n) is 3.50. The monoisotopic (exact) mass is 186 g/mol. The molecule has 1 aromatic heterocycles. The lowest BCUT2D eigenvalue weighted by atomic mass is 10.2. The van der Waals surface area contributed by atoms with Gasteiger partial charge in [-0.1, -0.05) is 11.6 Å². The number of halogens is 1. The zero-order valence-electron chi connectivity index (χ0n) is 5.88. The maximum atomic E-state index is 5.87. The molecule has 11 heavy (non-hydrogen) atoms. The van der Waals surface area contributed by atoms with Gasteiger partial charge in [-0.25, -0.2) is 9.97 Å². The summed E-state index contributed by atoms with van der Waals surface area (Å²) in [6.45, 7) is 0. The van der Waals surface area contributed by atoms with Gasteiger partial charge in [0.25, 0.3) is 0 Å². The standard InChI is InChI=1S/C7H7ClN2S/c8-7-6-5(9-4-10-7)2-1-3-11-6/h4H,1-3H2. The first-order valence-corrected chi connectivity index (χ1v) is 4.86. The fourth-order valence-corrected chi connectivity index (χ4v) is 2.42. The Morgan fingerprint density at radius 3 is 3.18 bits per heavy atom. The summed E-state index contributed by atoms with van der Waals surface area (Å²) in [7, 11) is 0. The first kappa shape index (κ1) is 7.37. The molecular weight excluding hydrogens is 180 g/mol. The third-order valence-electron chi connectivity index (χ3n) is 1.64. The van der Waals surface area contributed by atoms with Gasteiger partial charge in [-0.15, -0.1) is 11.8 Å². The lowest BCUT2D eigenvalue weighted by Crippen LogP contribution is -2.02. The molecule has 2 rings (SSSR count). The highest BCUT2D eigenvalue weighted by Gasteiger charge is 2.14. The largest absolute Gasteiger partial charge is 0.240 e. The summed E-state index contributed by atoms with van der Waals surface area (Å²) >= 11 is 7.63. The van der Waals surface area contributed by atoms with E-state index in [1.807, 2.05) is 0 Å². The zero-order chi connectivity index (χ0) is 7.68. The maximum Gasteiger partial charge on any atom is 0.146 e. The number of hydrogen-bond donors (Lipinski definition) is 0. The van der Waals surface area contributed by atoms with E-state index in [2.05, 4.69) is 9.97 Å². The molecule has 4 heteroatoms. The highest BCUT2D eigenvalue weighted by molar-refractivity contribution is 7.99. The predicted octanol–water partition coefficient (Wildman–Crippen LogP) is 2.17. The summed E-state index contributed by atoms with van der Waals surface area (Å²) in [5.74, 6) is 1.14. The Labute approximate surface area is 74.4 Å². The third-order valence-corrected chi connectivity index (χ3v) is 3.25. The minimum Gasteiger partial charge on any atom is -0.240 e. The van der Waals surface area contributed by atoms with Gasteiger partial charge in [-0.05, 0) is 18.6 Å². The normalized spacial score (nSPS) is 16.1. The second-order valence-corrected chi connectivity index (χ2v) is 3.86. The van der Waals surface area contributed by atoms with Gasteiger partial charge in [0.15, 0.2) is 0 Å². The van der Waals surface area contributed by atoms with Gasteiger partial charge in [0.1, 0.15) is 11.5 Å². The van der Waals surface area contributed by atoms with Crippen molar-refractivity contribution < 1.29 is 0 Å². The molecule has 0 unspecified atom stereocenters. The number of rotatable bonds is 0. The summed E-state index contributed by atoms with van der Waals surface area (Å²) in [6.07, 6.45) is 3.78. The average Bonchev–Trinajstić information content (AvgIpc) is 2.06. The van der Waals surface area contributed by atoms with E-state index < -0.39 is 0 Å². The summed E-state index contributed by atoms with van der Waals surface area (Å²) in [5.41, 5.74) is 1.11. The highest BCUT2D eigenvalue weighted by atomic mass is 35.5. The molecule has 1 aromatic rings. The van der Waals surface area contributed by atoms with E-state index in [1.165, 1.54) is 12.7 Å². The van der Waals surface area contributed by atoms with Crippen LogP contribution in [0.5, 0.6) is 0 Å². The summed E-state index contributed by atoms with van der Waals surface area (Å²) < 4.78 is 0. The van der Waals surface area contributed by atoms with Gasteiger partial charge in [0.05, 0.1) is 10.6 Å². The zero-order valence-corrected chi connectivity index (χ0v) is 7.45. The molecule has 0 saturated carbocycles. The van der Waals surface area contributed by atoms with E-state index in [4.69, 9.17) is 11.6 Å². The summed E-state index contributed by atoms with van der Waals surface area (Å²) in [6, 6.07) is 0. The van der Waals surface area contributed by atoms with Crippen LogP contribution in [0.1, 0.15) is 12.1 Å². The molecule has 0 aromatic carbocycles. The van der Waals surface area contributed by atoms with Gasteiger partial charge in [-0.3, -0.25) is 0 Å². The van der Waals surface area contributed by atoms with E-state index in [1.54, 1.807) is 11.8 Å². The highest BCUT2D eigenvalue weighted by Crippen LogP contribution is 2.32. The van der Waals surface area contributed by atoms with Crippen LogP contribution in [0, 0.1) is 0 Å².